The van der Waals surface area contributed by atoms with Crippen LogP contribution in [0.5, 0.6) is 0 Å². The van der Waals surface area contributed by atoms with Crippen molar-refractivity contribution in [3.8, 4) is 0 Å². The summed E-state index contributed by atoms with van der Waals surface area (Å²) < 4.78 is 0. The largest absolute Gasteiger partial charge is 0.390 e. The molecular weight excluding hydrogens is 392 g/mol. The van der Waals surface area contributed by atoms with Gasteiger partial charge in [0.05, 0.1) is 6.10 Å². The molecule has 0 saturated heterocycles. The smallest absolute Gasteiger partial charge is 0.270 e. The highest BCUT2D eigenvalue weighted by Gasteiger charge is 2.21. The van der Waals surface area contributed by atoms with Crippen LogP contribution in [0.1, 0.15) is 47.3 Å². The summed E-state index contributed by atoms with van der Waals surface area (Å²) >= 11 is 0. The lowest BCUT2D eigenvalue weighted by Gasteiger charge is -2.30. The van der Waals surface area contributed by atoms with Crippen LogP contribution < -0.4 is 16.4 Å². The predicted octanol–water partition coefficient (Wildman–Crippen LogP) is 1.31. The number of rotatable bonds is 7. The van der Waals surface area contributed by atoms with E-state index in [-0.39, 0.29) is 18.5 Å². The molecule has 2 aromatic rings. The van der Waals surface area contributed by atoms with E-state index in [9.17, 15) is 9.90 Å². The molecule has 0 spiro atoms. The Hall–Kier alpha value is -2.55. The molecule has 1 unspecified atom stereocenters. The molecule has 31 heavy (non-hydrogen) atoms. The lowest BCUT2D eigenvalue weighted by molar-refractivity contribution is 0.0838. The van der Waals surface area contributed by atoms with E-state index in [1.165, 1.54) is 17.5 Å². The molecule has 0 bridgehead atoms. The van der Waals surface area contributed by atoms with Gasteiger partial charge < -0.3 is 21.5 Å². The van der Waals surface area contributed by atoms with Crippen LogP contribution in [0.15, 0.2) is 36.7 Å². The number of aliphatic hydroxyl groups is 1. The molecule has 2 heterocycles. The van der Waals surface area contributed by atoms with Crippen molar-refractivity contribution in [2.24, 2.45) is 5.73 Å². The highest BCUT2D eigenvalue weighted by atomic mass is 16.3. The maximum Gasteiger partial charge on any atom is 0.270 e. The minimum absolute atomic E-state index is 0.185. The Kier molecular flexibility index (Phi) is 7.11. The second-order valence-electron chi connectivity index (χ2n) is 8.66. The third kappa shape index (κ3) is 6.00. The molecule has 1 atom stereocenters. The van der Waals surface area contributed by atoms with Crippen molar-refractivity contribution in [1.29, 1.82) is 0 Å². The first kappa shape index (κ1) is 21.7. The quantitative estimate of drug-likeness (QED) is 0.529. The maximum atomic E-state index is 12.5. The standard InChI is InChI=1S/C23H32N6O2/c24-18-5-7-19(8-6-18)28-22-11-21(26-15-27-22)23(31)25-12-20(30)14-29-10-9-16-3-1-2-4-17(16)13-29/h1-4,11,15,18-20,30H,5-10,12-14,24H2,(H,25,31)(H,26,27,28). The Morgan fingerprint density at radius 1 is 1.19 bits per heavy atom. The Bertz CT molecular complexity index is 884. The molecule has 1 saturated carbocycles. The number of hydrogen-bond acceptors (Lipinski definition) is 7. The zero-order chi connectivity index (χ0) is 21.6. The molecule has 1 aromatic carbocycles. The summed E-state index contributed by atoms with van der Waals surface area (Å²) in [5.74, 6) is 0.340. The Morgan fingerprint density at radius 2 is 1.97 bits per heavy atom. The van der Waals surface area contributed by atoms with E-state index >= 15 is 0 Å². The topological polar surface area (TPSA) is 116 Å². The SMILES string of the molecule is NC1CCC(Nc2cc(C(=O)NCC(O)CN3CCc4ccccc4C3)ncn2)CC1. The van der Waals surface area contributed by atoms with Crippen molar-refractivity contribution in [3.05, 3.63) is 53.5 Å². The first-order valence-corrected chi connectivity index (χ1v) is 11.2. The summed E-state index contributed by atoms with van der Waals surface area (Å²) in [6.45, 7) is 2.45. The molecule has 8 heteroatoms. The Labute approximate surface area is 183 Å². The highest BCUT2D eigenvalue weighted by Crippen LogP contribution is 2.21. The van der Waals surface area contributed by atoms with Crippen molar-refractivity contribution in [2.45, 2.75) is 56.8 Å². The monoisotopic (exact) mass is 424 g/mol. The number of aliphatic hydroxyl groups excluding tert-OH is 1. The van der Waals surface area contributed by atoms with Gasteiger partial charge in [-0.2, -0.15) is 0 Å². The molecule has 166 valence electrons. The van der Waals surface area contributed by atoms with Crippen molar-refractivity contribution < 1.29 is 9.90 Å². The molecule has 0 radical (unpaired) electrons. The molecule has 8 nitrogen and oxygen atoms in total. The average Bonchev–Trinajstić information content (AvgIpc) is 2.79. The number of fused-ring (bicyclic) bond motifs is 1. The minimum Gasteiger partial charge on any atom is -0.390 e. The van der Waals surface area contributed by atoms with E-state index in [0.717, 1.165) is 45.2 Å². The van der Waals surface area contributed by atoms with Crippen LogP contribution in [0.4, 0.5) is 5.82 Å². The van der Waals surface area contributed by atoms with Crippen LogP contribution in [-0.4, -0.2) is 63.7 Å². The molecule has 1 fully saturated rings. The van der Waals surface area contributed by atoms with E-state index in [1.54, 1.807) is 6.07 Å². The third-order valence-electron chi connectivity index (χ3n) is 6.20. The van der Waals surface area contributed by atoms with E-state index in [0.29, 0.717) is 24.1 Å². The number of carbonyl (C=O) groups is 1. The van der Waals surface area contributed by atoms with Crippen LogP contribution in [0.25, 0.3) is 0 Å². The van der Waals surface area contributed by atoms with Gasteiger partial charge in [-0.1, -0.05) is 24.3 Å². The van der Waals surface area contributed by atoms with Crippen LogP contribution in [0.2, 0.25) is 0 Å². The number of nitrogens with one attached hydrogen (secondary N) is 2. The van der Waals surface area contributed by atoms with Crippen molar-refractivity contribution in [2.75, 3.05) is 25.0 Å². The van der Waals surface area contributed by atoms with Gasteiger partial charge in [-0.15, -0.1) is 0 Å². The van der Waals surface area contributed by atoms with Gasteiger partial charge in [0.2, 0.25) is 0 Å². The maximum absolute atomic E-state index is 12.5. The number of anilines is 1. The molecule has 4 rings (SSSR count). The van der Waals surface area contributed by atoms with Crippen molar-refractivity contribution in [3.63, 3.8) is 0 Å². The van der Waals surface area contributed by atoms with Gasteiger partial charge in [0, 0.05) is 44.3 Å². The summed E-state index contributed by atoms with van der Waals surface area (Å²) in [5, 5.41) is 16.6. The minimum atomic E-state index is -0.639. The van der Waals surface area contributed by atoms with Gasteiger partial charge in [0.15, 0.2) is 0 Å². The summed E-state index contributed by atoms with van der Waals surface area (Å²) in [5.41, 5.74) is 8.95. The highest BCUT2D eigenvalue weighted by molar-refractivity contribution is 5.92. The summed E-state index contributed by atoms with van der Waals surface area (Å²) in [6, 6.07) is 10.7. The van der Waals surface area contributed by atoms with Gasteiger partial charge >= 0.3 is 0 Å². The van der Waals surface area contributed by atoms with Gasteiger partial charge in [0.25, 0.3) is 5.91 Å². The van der Waals surface area contributed by atoms with Gasteiger partial charge in [-0.3, -0.25) is 9.69 Å². The van der Waals surface area contributed by atoms with Crippen LogP contribution in [-0.2, 0) is 13.0 Å². The summed E-state index contributed by atoms with van der Waals surface area (Å²) in [6.07, 6.45) is 5.74. The van der Waals surface area contributed by atoms with Crippen molar-refractivity contribution >= 4 is 11.7 Å². The third-order valence-corrected chi connectivity index (χ3v) is 6.20. The summed E-state index contributed by atoms with van der Waals surface area (Å²) in [7, 11) is 0. The van der Waals surface area contributed by atoms with Crippen LogP contribution >= 0.6 is 0 Å². The predicted molar refractivity (Wildman–Crippen MR) is 120 cm³/mol. The fraction of sp³-hybridized carbons (Fsp3) is 0.522. The number of aromatic nitrogens is 2. The second-order valence-corrected chi connectivity index (χ2v) is 8.66. The first-order chi connectivity index (χ1) is 15.1. The van der Waals surface area contributed by atoms with E-state index < -0.39 is 6.10 Å². The van der Waals surface area contributed by atoms with Crippen LogP contribution in [0, 0.1) is 0 Å². The zero-order valence-corrected chi connectivity index (χ0v) is 17.8. The number of β-amino-alcohol motifs (C(OH)–C–C–N with tert-alkyl or cyclic N) is 1. The molecule has 2 aliphatic rings. The Balaban J connectivity index is 1.24. The van der Waals surface area contributed by atoms with Crippen molar-refractivity contribution in [1.82, 2.24) is 20.2 Å². The lowest BCUT2D eigenvalue weighted by atomic mass is 9.92. The van der Waals surface area contributed by atoms with E-state index in [2.05, 4.69) is 43.7 Å². The first-order valence-electron chi connectivity index (χ1n) is 11.2. The Morgan fingerprint density at radius 3 is 2.77 bits per heavy atom. The number of benzene rings is 1. The van der Waals surface area contributed by atoms with E-state index in [4.69, 9.17) is 5.73 Å². The number of amides is 1. The number of hydrogen-bond donors (Lipinski definition) is 4. The number of nitrogens with two attached hydrogens (primary N) is 1. The fourth-order valence-electron chi connectivity index (χ4n) is 4.41. The second kappa shape index (κ2) is 10.2. The molecule has 1 amide bonds. The molecule has 1 aliphatic heterocycles. The van der Waals surface area contributed by atoms with Gasteiger partial charge in [-0.05, 0) is 43.2 Å². The fourth-order valence-corrected chi connectivity index (χ4v) is 4.41. The zero-order valence-electron chi connectivity index (χ0n) is 17.8. The summed E-state index contributed by atoms with van der Waals surface area (Å²) in [4.78, 5) is 23.1. The molecular formula is C23H32N6O2. The molecule has 1 aromatic heterocycles. The molecule has 1 aliphatic carbocycles. The number of carbonyl (C=O) groups excluding carboxylic acids is 1. The molecule has 5 N–H and O–H groups in total. The van der Waals surface area contributed by atoms with Gasteiger partial charge in [0.1, 0.15) is 17.8 Å². The number of nitrogens with zero attached hydrogens (tertiary/aromatic N) is 3. The lowest BCUT2D eigenvalue weighted by Crippen LogP contribution is -2.42. The van der Waals surface area contributed by atoms with E-state index in [1.807, 2.05) is 6.07 Å². The average molecular weight is 425 g/mol. The normalized spacial score (nSPS) is 22.4. The van der Waals surface area contributed by atoms with Gasteiger partial charge in [-0.25, -0.2) is 9.97 Å². The van der Waals surface area contributed by atoms with Crippen LogP contribution in [0.3, 0.4) is 0 Å².